The molecule has 20 heavy (non-hydrogen) atoms. The van der Waals surface area contributed by atoms with Crippen molar-refractivity contribution < 1.29 is 0 Å². The normalized spacial score (nSPS) is 20.3. The molecule has 100 valence electrons. The number of nitrogens with zero attached hydrogens (tertiary/aromatic N) is 1. The summed E-state index contributed by atoms with van der Waals surface area (Å²) in [5.41, 5.74) is 5.66. The van der Waals surface area contributed by atoms with Crippen molar-refractivity contribution in [1.82, 2.24) is 4.90 Å². The van der Waals surface area contributed by atoms with Gasteiger partial charge in [-0.05, 0) is 41.3 Å². The Bertz CT molecular complexity index is 625. The van der Waals surface area contributed by atoms with Crippen LogP contribution in [0.1, 0.15) is 12.0 Å². The molecule has 1 nitrogen and oxygen atoms in total. The van der Waals surface area contributed by atoms with Crippen LogP contribution in [0.3, 0.4) is 0 Å². The Hall–Kier alpha value is -2.02. The molecule has 0 aromatic heterocycles. The van der Waals surface area contributed by atoms with E-state index in [1.807, 2.05) is 0 Å². The van der Waals surface area contributed by atoms with Gasteiger partial charge < -0.3 is 4.90 Å². The maximum atomic E-state index is 2.47. The smallest absolute Gasteiger partial charge is 0.0239 e. The van der Waals surface area contributed by atoms with Gasteiger partial charge in [-0.25, -0.2) is 0 Å². The van der Waals surface area contributed by atoms with E-state index in [2.05, 4.69) is 65.7 Å². The molecule has 1 saturated heterocycles. The standard InChI is InChI=1S/C19H19N/c1-2-4-16(5-3-1)17-8-6-15(7-9-17)12-19-14-20-11-10-18(19)13-20/h1-9,14,18H,10-13H2. The molecule has 1 atom stereocenters. The second kappa shape index (κ2) is 4.82. The first kappa shape index (κ1) is 11.8. The molecule has 0 radical (unpaired) electrons. The van der Waals surface area contributed by atoms with Crippen LogP contribution < -0.4 is 0 Å². The number of rotatable bonds is 3. The van der Waals surface area contributed by atoms with Gasteiger partial charge in [0.1, 0.15) is 0 Å². The SMILES string of the molecule is C1=C(Cc2ccc(-c3ccccc3)cc2)C2CCN1C2. The Balaban J connectivity index is 1.52. The topological polar surface area (TPSA) is 3.24 Å². The molecule has 1 unspecified atom stereocenters. The van der Waals surface area contributed by atoms with E-state index in [1.54, 1.807) is 5.57 Å². The molecule has 1 heteroatoms. The maximum Gasteiger partial charge on any atom is 0.0239 e. The van der Waals surface area contributed by atoms with Crippen LogP contribution in [0.25, 0.3) is 11.1 Å². The molecule has 0 saturated carbocycles. The monoisotopic (exact) mass is 261 g/mol. The van der Waals surface area contributed by atoms with Gasteiger partial charge in [0.2, 0.25) is 0 Å². The van der Waals surface area contributed by atoms with E-state index in [-0.39, 0.29) is 0 Å². The third-order valence-corrected chi connectivity index (χ3v) is 4.56. The number of benzene rings is 2. The van der Waals surface area contributed by atoms with E-state index in [1.165, 1.54) is 36.2 Å². The zero-order valence-corrected chi connectivity index (χ0v) is 11.6. The van der Waals surface area contributed by atoms with E-state index in [4.69, 9.17) is 0 Å². The second-order valence-corrected chi connectivity index (χ2v) is 5.92. The van der Waals surface area contributed by atoms with Crippen molar-refractivity contribution in [2.75, 3.05) is 13.1 Å². The molecule has 2 aliphatic rings. The Labute approximate surface area is 120 Å². The Morgan fingerprint density at radius 2 is 1.65 bits per heavy atom. The Morgan fingerprint density at radius 3 is 2.30 bits per heavy atom. The summed E-state index contributed by atoms with van der Waals surface area (Å²) in [7, 11) is 0. The predicted molar refractivity (Wildman–Crippen MR) is 83.3 cm³/mol. The maximum absolute atomic E-state index is 2.47. The fourth-order valence-electron chi connectivity index (χ4n) is 3.42. The highest BCUT2D eigenvalue weighted by Crippen LogP contribution is 2.33. The van der Waals surface area contributed by atoms with Crippen molar-refractivity contribution in [2.45, 2.75) is 12.8 Å². The van der Waals surface area contributed by atoms with Crippen molar-refractivity contribution in [3.63, 3.8) is 0 Å². The average molecular weight is 261 g/mol. The minimum absolute atomic E-state index is 0.823. The largest absolute Gasteiger partial charge is 0.377 e. The van der Waals surface area contributed by atoms with E-state index in [9.17, 15) is 0 Å². The van der Waals surface area contributed by atoms with Crippen LogP contribution in [0.15, 0.2) is 66.4 Å². The van der Waals surface area contributed by atoms with Crippen LogP contribution in [0.2, 0.25) is 0 Å². The lowest BCUT2D eigenvalue weighted by atomic mass is 9.93. The molecule has 0 amide bonds. The van der Waals surface area contributed by atoms with Gasteiger partial charge in [0.25, 0.3) is 0 Å². The van der Waals surface area contributed by atoms with E-state index in [0.717, 1.165) is 12.3 Å². The molecule has 2 heterocycles. The van der Waals surface area contributed by atoms with Crippen LogP contribution in [0.5, 0.6) is 0 Å². The minimum atomic E-state index is 0.823. The fraction of sp³-hybridized carbons (Fsp3) is 0.263. The van der Waals surface area contributed by atoms with Crippen molar-refractivity contribution in [3.8, 4) is 11.1 Å². The Kier molecular flexibility index (Phi) is 2.84. The minimum Gasteiger partial charge on any atom is -0.377 e. The van der Waals surface area contributed by atoms with Crippen molar-refractivity contribution in [3.05, 3.63) is 71.9 Å². The molecule has 2 aromatic rings. The third-order valence-electron chi connectivity index (χ3n) is 4.56. The highest BCUT2D eigenvalue weighted by Gasteiger charge is 2.30. The highest BCUT2D eigenvalue weighted by atomic mass is 15.2. The van der Waals surface area contributed by atoms with E-state index >= 15 is 0 Å². The molecule has 0 N–H and O–H groups in total. The van der Waals surface area contributed by atoms with Gasteiger partial charge in [-0.15, -0.1) is 0 Å². The predicted octanol–water partition coefficient (Wildman–Crippen LogP) is 4.12. The van der Waals surface area contributed by atoms with Crippen LogP contribution in [0, 0.1) is 5.92 Å². The summed E-state index contributed by atoms with van der Waals surface area (Å²) in [6.45, 7) is 2.53. The summed E-state index contributed by atoms with van der Waals surface area (Å²) in [5, 5.41) is 0. The van der Waals surface area contributed by atoms with Crippen molar-refractivity contribution >= 4 is 0 Å². The van der Waals surface area contributed by atoms with Crippen LogP contribution in [0.4, 0.5) is 0 Å². The molecule has 4 rings (SSSR count). The summed E-state index contributed by atoms with van der Waals surface area (Å²) in [5.74, 6) is 0.823. The van der Waals surface area contributed by atoms with Gasteiger partial charge in [0, 0.05) is 19.0 Å². The van der Waals surface area contributed by atoms with Crippen LogP contribution in [-0.2, 0) is 6.42 Å². The lowest BCUT2D eigenvalue weighted by molar-refractivity contribution is 0.478. The van der Waals surface area contributed by atoms with Gasteiger partial charge in [-0.3, -0.25) is 0 Å². The Morgan fingerprint density at radius 1 is 0.900 bits per heavy atom. The zero-order chi connectivity index (χ0) is 13.4. The lowest BCUT2D eigenvalue weighted by Gasteiger charge is -2.13. The first-order valence-electron chi connectivity index (χ1n) is 7.47. The fourth-order valence-corrected chi connectivity index (χ4v) is 3.42. The quantitative estimate of drug-likeness (QED) is 0.803. The third kappa shape index (κ3) is 2.14. The first-order chi connectivity index (χ1) is 9.88. The summed E-state index contributed by atoms with van der Waals surface area (Å²) < 4.78 is 0. The second-order valence-electron chi connectivity index (χ2n) is 5.92. The van der Waals surface area contributed by atoms with Crippen molar-refractivity contribution in [2.24, 2.45) is 5.92 Å². The summed E-state index contributed by atoms with van der Waals surface area (Å²) in [6.07, 6.45) is 4.86. The molecule has 0 aliphatic carbocycles. The zero-order valence-electron chi connectivity index (χ0n) is 11.6. The molecule has 2 bridgehead atoms. The molecule has 0 spiro atoms. The number of fused-ring (bicyclic) bond motifs is 2. The highest BCUT2D eigenvalue weighted by molar-refractivity contribution is 5.63. The van der Waals surface area contributed by atoms with Crippen LogP contribution in [-0.4, -0.2) is 18.0 Å². The molecular weight excluding hydrogens is 242 g/mol. The molecular formula is C19H19N. The van der Waals surface area contributed by atoms with Gasteiger partial charge in [-0.1, -0.05) is 54.6 Å². The van der Waals surface area contributed by atoms with Gasteiger partial charge in [0.05, 0.1) is 0 Å². The van der Waals surface area contributed by atoms with E-state index in [0.29, 0.717) is 0 Å². The lowest BCUT2D eigenvalue weighted by Crippen LogP contribution is -2.08. The summed E-state index contributed by atoms with van der Waals surface area (Å²) in [4.78, 5) is 2.47. The van der Waals surface area contributed by atoms with Crippen molar-refractivity contribution in [1.29, 1.82) is 0 Å². The van der Waals surface area contributed by atoms with Gasteiger partial charge in [-0.2, -0.15) is 0 Å². The summed E-state index contributed by atoms with van der Waals surface area (Å²) in [6, 6.07) is 19.7. The molecule has 1 fully saturated rings. The molecule has 2 aliphatic heterocycles. The average Bonchev–Trinajstić information content (AvgIpc) is 3.12. The first-order valence-corrected chi connectivity index (χ1v) is 7.47. The number of hydrogen-bond acceptors (Lipinski definition) is 1. The van der Waals surface area contributed by atoms with Gasteiger partial charge >= 0.3 is 0 Å². The van der Waals surface area contributed by atoms with Crippen LogP contribution >= 0.6 is 0 Å². The summed E-state index contributed by atoms with van der Waals surface area (Å²) >= 11 is 0. The van der Waals surface area contributed by atoms with Gasteiger partial charge in [0.15, 0.2) is 0 Å². The number of hydrogen-bond donors (Lipinski definition) is 0. The van der Waals surface area contributed by atoms with E-state index < -0.39 is 0 Å². The molecule has 2 aromatic carbocycles.